The molecule has 0 spiro atoms. The lowest BCUT2D eigenvalue weighted by Crippen LogP contribution is -2.20. The lowest BCUT2D eigenvalue weighted by molar-refractivity contribution is 0.608. The Kier molecular flexibility index (Phi) is 5.70. The van der Waals surface area contributed by atoms with Crippen molar-refractivity contribution in [1.29, 1.82) is 0 Å². The number of benzene rings is 2. The van der Waals surface area contributed by atoms with Gasteiger partial charge in [0.2, 0.25) is 5.43 Å². The summed E-state index contributed by atoms with van der Waals surface area (Å²) < 4.78 is 16.2. The van der Waals surface area contributed by atoms with Crippen LogP contribution < -0.4 is 11.2 Å². The van der Waals surface area contributed by atoms with Crippen LogP contribution in [0.5, 0.6) is 0 Å². The van der Waals surface area contributed by atoms with E-state index < -0.39 is 5.82 Å². The van der Waals surface area contributed by atoms with E-state index in [4.69, 9.17) is 5.73 Å². The quantitative estimate of drug-likeness (QED) is 0.507. The first-order valence-electron chi connectivity index (χ1n) is 9.33. The molecule has 4 aromatic rings. The Morgan fingerprint density at radius 2 is 1.81 bits per heavy atom. The molecule has 0 amide bonds. The first kappa shape index (κ1) is 19.8. The second kappa shape index (κ2) is 8.91. The summed E-state index contributed by atoms with van der Waals surface area (Å²) in [5, 5.41) is 4.32. The van der Waals surface area contributed by atoms with E-state index >= 15 is 0 Å². The van der Waals surface area contributed by atoms with Gasteiger partial charge >= 0.3 is 0 Å². The van der Waals surface area contributed by atoms with Gasteiger partial charge in [0.15, 0.2) is 5.69 Å². The zero-order valence-corrected chi connectivity index (χ0v) is 16.3. The van der Waals surface area contributed by atoms with Crippen LogP contribution in [0.4, 0.5) is 10.1 Å². The maximum absolute atomic E-state index is 14.9. The van der Waals surface area contributed by atoms with Gasteiger partial charge in [-0.25, -0.2) is 24.0 Å². The Morgan fingerprint density at radius 3 is 2.52 bits per heavy atom. The highest BCUT2D eigenvalue weighted by Crippen LogP contribution is 2.22. The van der Waals surface area contributed by atoms with Crippen molar-refractivity contribution in [3.8, 4) is 16.8 Å². The molecule has 2 heterocycles. The second-order valence-electron chi connectivity index (χ2n) is 6.46. The SMILES string of the molecule is NC=CC(=Nc1ccccc1)c1nn(-c2ccc(-c3cncnc3)cc2F)ccc1=O. The van der Waals surface area contributed by atoms with Crippen LogP contribution in [0.2, 0.25) is 0 Å². The predicted molar refractivity (Wildman–Crippen MR) is 117 cm³/mol. The molecule has 0 saturated heterocycles. The van der Waals surface area contributed by atoms with Crippen LogP contribution in [0.25, 0.3) is 16.8 Å². The van der Waals surface area contributed by atoms with Gasteiger partial charge in [-0.15, -0.1) is 0 Å². The molecule has 0 saturated carbocycles. The zero-order chi connectivity index (χ0) is 21.6. The minimum absolute atomic E-state index is 0.0491. The minimum Gasteiger partial charge on any atom is -0.405 e. The molecule has 2 aromatic heterocycles. The molecular formula is C23H17FN6O. The van der Waals surface area contributed by atoms with Gasteiger partial charge in [-0.3, -0.25) is 4.79 Å². The fraction of sp³-hybridized carbons (Fsp3) is 0. The van der Waals surface area contributed by atoms with Crippen molar-refractivity contribution in [2.45, 2.75) is 0 Å². The summed E-state index contributed by atoms with van der Waals surface area (Å²) in [4.78, 5) is 24.8. The largest absolute Gasteiger partial charge is 0.405 e. The number of para-hydroxylation sites is 1. The van der Waals surface area contributed by atoms with Gasteiger partial charge in [0.1, 0.15) is 17.8 Å². The Bertz CT molecular complexity index is 1320. The lowest BCUT2D eigenvalue weighted by Gasteiger charge is -2.10. The monoisotopic (exact) mass is 412 g/mol. The van der Waals surface area contributed by atoms with Gasteiger partial charge in [-0.2, -0.15) is 5.10 Å². The van der Waals surface area contributed by atoms with E-state index in [1.54, 1.807) is 36.7 Å². The fourth-order valence-electron chi connectivity index (χ4n) is 2.94. The highest BCUT2D eigenvalue weighted by atomic mass is 19.1. The molecule has 31 heavy (non-hydrogen) atoms. The third-order valence-electron chi connectivity index (χ3n) is 4.40. The van der Waals surface area contributed by atoms with Gasteiger partial charge in [-0.05, 0) is 42.1 Å². The van der Waals surface area contributed by atoms with E-state index in [1.165, 1.54) is 41.6 Å². The topological polar surface area (TPSA) is 99.1 Å². The maximum Gasteiger partial charge on any atom is 0.209 e. The van der Waals surface area contributed by atoms with Crippen molar-refractivity contribution in [1.82, 2.24) is 19.7 Å². The Morgan fingerprint density at radius 1 is 1.03 bits per heavy atom. The van der Waals surface area contributed by atoms with Crippen molar-refractivity contribution < 1.29 is 4.39 Å². The molecule has 8 heteroatoms. The molecule has 0 atom stereocenters. The number of halogens is 1. The number of hydrogen-bond donors (Lipinski definition) is 1. The van der Waals surface area contributed by atoms with E-state index in [1.807, 2.05) is 18.2 Å². The molecule has 0 fully saturated rings. The van der Waals surface area contributed by atoms with Gasteiger partial charge in [0.25, 0.3) is 0 Å². The number of allylic oxidation sites excluding steroid dienone is 1. The highest BCUT2D eigenvalue weighted by Gasteiger charge is 2.13. The summed E-state index contributed by atoms with van der Waals surface area (Å²) in [6.45, 7) is 0. The number of hydrogen-bond acceptors (Lipinski definition) is 6. The molecule has 4 rings (SSSR count). The number of aromatic nitrogens is 4. The second-order valence-corrected chi connectivity index (χ2v) is 6.46. The Balaban J connectivity index is 1.77. The van der Waals surface area contributed by atoms with Crippen molar-refractivity contribution in [2.24, 2.45) is 10.7 Å². The zero-order valence-electron chi connectivity index (χ0n) is 16.3. The van der Waals surface area contributed by atoms with Crippen LogP contribution in [0.1, 0.15) is 5.69 Å². The van der Waals surface area contributed by atoms with Crippen LogP contribution in [0.15, 0.2) is 102 Å². The fourth-order valence-corrected chi connectivity index (χ4v) is 2.94. The summed E-state index contributed by atoms with van der Waals surface area (Å²) in [5.41, 5.74) is 7.63. The van der Waals surface area contributed by atoms with E-state index in [2.05, 4.69) is 20.1 Å². The van der Waals surface area contributed by atoms with Crippen LogP contribution in [-0.2, 0) is 0 Å². The lowest BCUT2D eigenvalue weighted by atomic mass is 10.1. The maximum atomic E-state index is 14.9. The van der Waals surface area contributed by atoms with Gasteiger partial charge < -0.3 is 5.73 Å². The standard InChI is InChI=1S/C23H17FN6O/c24-19-12-16(17-13-26-15-27-14-17)6-7-21(19)30-11-9-22(31)23(29-30)20(8-10-25)28-18-4-2-1-3-5-18/h1-15H,25H2. The number of aliphatic imine (C=N–C) groups is 1. The average Bonchev–Trinajstić information content (AvgIpc) is 2.80. The smallest absolute Gasteiger partial charge is 0.209 e. The molecule has 0 unspecified atom stereocenters. The molecule has 0 aliphatic carbocycles. The summed E-state index contributed by atoms with van der Waals surface area (Å²) in [5.74, 6) is -0.514. The van der Waals surface area contributed by atoms with Crippen LogP contribution in [-0.4, -0.2) is 25.5 Å². The van der Waals surface area contributed by atoms with Crippen LogP contribution in [0, 0.1) is 5.82 Å². The molecule has 0 aliphatic heterocycles. The minimum atomic E-state index is -0.514. The third kappa shape index (κ3) is 4.43. The molecular weight excluding hydrogens is 395 g/mol. The molecule has 0 bridgehead atoms. The molecule has 2 N–H and O–H groups in total. The molecule has 0 aliphatic rings. The Hall–Kier alpha value is -4.46. The van der Waals surface area contributed by atoms with E-state index in [9.17, 15) is 9.18 Å². The van der Waals surface area contributed by atoms with Gasteiger partial charge in [-0.1, -0.05) is 24.3 Å². The highest BCUT2D eigenvalue weighted by molar-refractivity contribution is 6.08. The summed E-state index contributed by atoms with van der Waals surface area (Å²) in [7, 11) is 0. The average molecular weight is 412 g/mol. The molecule has 152 valence electrons. The van der Waals surface area contributed by atoms with Crippen molar-refractivity contribution >= 4 is 11.4 Å². The van der Waals surface area contributed by atoms with Gasteiger partial charge in [0, 0.05) is 30.2 Å². The normalized spacial score (nSPS) is 11.7. The number of nitrogens with two attached hydrogens (primary N) is 1. The Labute approximate surface area is 177 Å². The van der Waals surface area contributed by atoms with E-state index in [0.29, 0.717) is 16.8 Å². The first-order valence-corrected chi connectivity index (χ1v) is 9.33. The van der Waals surface area contributed by atoms with Crippen molar-refractivity contribution in [3.63, 3.8) is 0 Å². The van der Waals surface area contributed by atoms with Crippen molar-refractivity contribution in [2.75, 3.05) is 0 Å². The number of rotatable bonds is 5. The van der Waals surface area contributed by atoms with Crippen LogP contribution >= 0.6 is 0 Å². The number of nitrogens with zero attached hydrogens (tertiary/aromatic N) is 5. The van der Waals surface area contributed by atoms with Crippen LogP contribution in [0.3, 0.4) is 0 Å². The van der Waals surface area contributed by atoms with E-state index in [0.717, 1.165) is 0 Å². The molecule has 7 nitrogen and oxygen atoms in total. The first-order chi connectivity index (χ1) is 15.2. The molecule has 2 aromatic carbocycles. The summed E-state index contributed by atoms with van der Waals surface area (Å²) >= 11 is 0. The molecule has 0 radical (unpaired) electrons. The van der Waals surface area contributed by atoms with Crippen molar-refractivity contribution in [3.05, 3.63) is 114 Å². The summed E-state index contributed by atoms with van der Waals surface area (Å²) in [6.07, 6.45) is 8.77. The van der Waals surface area contributed by atoms with E-state index in [-0.39, 0.29) is 22.5 Å². The predicted octanol–water partition coefficient (Wildman–Crippen LogP) is 3.42. The summed E-state index contributed by atoms with van der Waals surface area (Å²) in [6, 6.07) is 15.1. The van der Waals surface area contributed by atoms with Gasteiger partial charge in [0.05, 0.1) is 11.4 Å². The third-order valence-corrected chi connectivity index (χ3v) is 4.40.